The molecule has 2 aromatic heterocycles. The fourth-order valence-corrected chi connectivity index (χ4v) is 3.02. The van der Waals surface area contributed by atoms with E-state index in [0.717, 1.165) is 0 Å². The molecule has 3 heterocycles. The van der Waals surface area contributed by atoms with Crippen molar-refractivity contribution < 1.29 is 19.3 Å². The first-order chi connectivity index (χ1) is 9.78. The summed E-state index contributed by atoms with van der Waals surface area (Å²) in [6.07, 6.45) is -2.03. The Labute approximate surface area is 117 Å². The number of alkyl halides is 1. The SMILES string of the molecule is C[C@]1(F)[C@H](c2cnc3c(N)nc(N)nn23)O[C@@H]2C(O)[C@@]21O. The lowest BCUT2D eigenvalue weighted by Gasteiger charge is -2.28. The molecule has 0 amide bonds. The highest BCUT2D eigenvalue weighted by atomic mass is 19.1. The van der Waals surface area contributed by atoms with Crippen molar-refractivity contribution >= 4 is 17.4 Å². The van der Waals surface area contributed by atoms with Crippen LogP contribution in [0.25, 0.3) is 5.65 Å². The van der Waals surface area contributed by atoms with Crippen molar-refractivity contribution in [2.24, 2.45) is 0 Å². The van der Waals surface area contributed by atoms with Crippen molar-refractivity contribution in [1.82, 2.24) is 19.6 Å². The number of ether oxygens (including phenoxy) is 1. The number of aromatic nitrogens is 4. The minimum absolute atomic E-state index is 0.0521. The number of aliphatic hydroxyl groups is 2. The molecule has 6 N–H and O–H groups in total. The molecule has 2 fully saturated rings. The van der Waals surface area contributed by atoms with E-state index in [2.05, 4.69) is 15.1 Å². The third kappa shape index (κ3) is 1.27. The summed E-state index contributed by atoms with van der Waals surface area (Å²) in [5, 5.41) is 23.6. The zero-order valence-electron chi connectivity index (χ0n) is 10.9. The average Bonchev–Trinajstić information content (AvgIpc) is 2.73. The van der Waals surface area contributed by atoms with Crippen molar-refractivity contribution in [2.75, 3.05) is 11.5 Å². The predicted octanol–water partition coefficient (Wildman–Crippen LogP) is -1.44. The molecule has 0 aromatic carbocycles. The molecular formula is C11H13FN6O3. The monoisotopic (exact) mass is 296 g/mol. The number of hydrogen-bond acceptors (Lipinski definition) is 8. The Morgan fingerprint density at radius 1 is 1.48 bits per heavy atom. The second kappa shape index (κ2) is 3.40. The van der Waals surface area contributed by atoms with E-state index in [1.165, 1.54) is 17.6 Å². The van der Waals surface area contributed by atoms with Crippen LogP contribution in [0.5, 0.6) is 0 Å². The highest BCUT2D eigenvalue weighted by Crippen LogP contribution is 2.62. The van der Waals surface area contributed by atoms with Crippen LogP contribution >= 0.6 is 0 Å². The third-order valence-corrected chi connectivity index (χ3v) is 4.32. The molecule has 1 aliphatic heterocycles. The van der Waals surface area contributed by atoms with Gasteiger partial charge in [0, 0.05) is 0 Å². The minimum atomic E-state index is -2.21. The molecule has 1 saturated carbocycles. The van der Waals surface area contributed by atoms with Crippen molar-refractivity contribution in [1.29, 1.82) is 0 Å². The van der Waals surface area contributed by atoms with E-state index in [0.29, 0.717) is 0 Å². The maximum absolute atomic E-state index is 15.0. The van der Waals surface area contributed by atoms with Gasteiger partial charge in [0.05, 0.1) is 11.9 Å². The Kier molecular flexibility index (Phi) is 2.06. The van der Waals surface area contributed by atoms with Gasteiger partial charge >= 0.3 is 0 Å². The summed E-state index contributed by atoms with van der Waals surface area (Å²) in [5.74, 6) is -0.0436. The van der Waals surface area contributed by atoms with Crippen LogP contribution in [0.3, 0.4) is 0 Å². The van der Waals surface area contributed by atoms with Gasteiger partial charge in [-0.2, -0.15) is 4.98 Å². The second-order valence-corrected chi connectivity index (χ2v) is 5.56. The molecule has 5 atom stereocenters. The van der Waals surface area contributed by atoms with Gasteiger partial charge in [-0.05, 0) is 6.92 Å². The number of halogens is 1. The maximum atomic E-state index is 15.0. The third-order valence-electron chi connectivity index (χ3n) is 4.32. The zero-order valence-corrected chi connectivity index (χ0v) is 10.9. The number of nitrogens with zero attached hydrogens (tertiary/aromatic N) is 4. The number of aliphatic hydroxyl groups excluding tert-OH is 1. The summed E-state index contributed by atoms with van der Waals surface area (Å²) in [5.41, 5.74) is 7.53. The van der Waals surface area contributed by atoms with Gasteiger partial charge in [-0.25, -0.2) is 13.9 Å². The molecule has 9 nitrogen and oxygen atoms in total. The summed E-state index contributed by atoms with van der Waals surface area (Å²) >= 11 is 0. The van der Waals surface area contributed by atoms with Crippen molar-refractivity contribution in [3.05, 3.63) is 11.9 Å². The number of hydrogen-bond donors (Lipinski definition) is 4. The normalized spacial score (nSPS) is 41.4. The first-order valence-corrected chi connectivity index (χ1v) is 6.30. The van der Waals surface area contributed by atoms with Gasteiger partial charge in [0.2, 0.25) is 5.95 Å². The minimum Gasteiger partial charge on any atom is -0.387 e. The highest BCUT2D eigenvalue weighted by molar-refractivity contribution is 5.61. The molecular weight excluding hydrogens is 283 g/mol. The van der Waals surface area contributed by atoms with Crippen LogP contribution < -0.4 is 11.5 Å². The zero-order chi connectivity index (χ0) is 15.2. The largest absolute Gasteiger partial charge is 0.387 e. The molecule has 1 aliphatic carbocycles. The first-order valence-electron chi connectivity index (χ1n) is 6.30. The molecule has 2 aliphatic rings. The number of imidazole rings is 1. The Hall–Kier alpha value is -2.04. The lowest BCUT2D eigenvalue weighted by Crippen LogP contribution is -2.43. The van der Waals surface area contributed by atoms with E-state index >= 15 is 0 Å². The average molecular weight is 296 g/mol. The molecule has 1 saturated heterocycles. The van der Waals surface area contributed by atoms with Gasteiger partial charge in [-0.15, -0.1) is 5.10 Å². The van der Waals surface area contributed by atoms with E-state index in [9.17, 15) is 14.6 Å². The van der Waals surface area contributed by atoms with E-state index in [1.54, 1.807) is 0 Å². The molecule has 2 aromatic rings. The van der Waals surface area contributed by atoms with Gasteiger partial charge < -0.3 is 26.4 Å². The highest BCUT2D eigenvalue weighted by Gasteiger charge is 2.83. The summed E-state index contributed by atoms with van der Waals surface area (Å²) < 4.78 is 21.6. The summed E-state index contributed by atoms with van der Waals surface area (Å²) in [6.45, 7) is 1.17. The topological polar surface area (TPSA) is 145 Å². The summed E-state index contributed by atoms with van der Waals surface area (Å²) in [6, 6.07) is 0. The van der Waals surface area contributed by atoms with Gasteiger partial charge in [0.15, 0.2) is 22.7 Å². The molecule has 21 heavy (non-hydrogen) atoms. The number of nitrogen functional groups attached to an aromatic ring is 2. The molecule has 112 valence electrons. The Bertz CT molecular complexity index is 764. The molecule has 10 heteroatoms. The van der Waals surface area contributed by atoms with Gasteiger partial charge in [0.1, 0.15) is 18.3 Å². The van der Waals surface area contributed by atoms with Crippen molar-refractivity contribution in [2.45, 2.75) is 36.5 Å². The molecule has 0 bridgehead atoms. The standard InChI is InChI=1S/C11H13FN6O3/c1-10(12)5(21-6-4(19)11(6,10)20)3-2-15-8-7(13)16-9(14)17-18(3)8/h2,4-6,19-20H,1H3,(H4,13,14,16,17)/t4?,5-,6+,10-,11+/m0/s1. The van der Waals surface area contributed by atoms with Crippen LogP contribution in [0.15, 0.2) is 6.20 Å². The predicted molar refractivity (Wildman–Crippen MR) is 67.7 cm³/mol. The Morgan fingerprint density at radius 2 is 2.19 bits per heavy atom. The van der Waals surface area contributed by atoms with E-state index in [-0.39, 0.29) is 23.1 Å². The van der Waals surface area contributed by atoms with Gasteiger partial charge in [0.25, 0.3) is 0 Å². The lowest BCUT2D eigenvalue weighted by atomic mass is 9.91. The second-order valence-electron chi connectivity index (χ2n) is 5.56. The lowest BCUT2D eigenvalue weighted by molar-refractivity contribution is -0.0885. The summed E-state index contributed by atoms with van der Waals surface area (Å²) in [4.78, 5) is 7.78. The van der Waals surface area contributed by atoms with Crippen LogP contribution in [0, 0.1) is 0 Å². The summed E-state index contributed by atoms with van der Waals surface area (Å²) in [7, 11) is 0. The quantitative estimate of drug-likeness (QED) is 0.501. The maximum Gasteiger partial charge on any atom is 0.240 e. The van der Waals surface area contributed by atoms with E-state index in [1.807, 2.05) is 0 Å². The number of fused-ring (bicyclic) bond motifs is 2. The van der Waals surface area contributed by atoms with Crippen LogP contribution in [0.4, 0.5) is 16.2 Å². The Balaban J connectivity index is 1.86. The fourth-order valence-electron chi connectivity index (χ4n) is 3.02. The molecule has 0 radical (unpaired) electrons. The van der Waals surface area contributed by atoms with E-state index < -0.39 is 29.6 Å². The van der Waals surface area contributed by atoms with Crippen LogP contribution in [0.1, 0.15) is 18.7 Å². The smallest absolute Gasteiger partial charge is 0.240 e. The van der Waals surface area contributed by atoms with Crippen LogP contribution in [0.2, 0.25) is 0 Å². The number of rotatable bonds is 1. The van der Waals surface area contributed by atoms with Gasteiger partial charge in [-0.3, -0.25) is 0 Å². The van der Waals surface area contributed by atoms with Crippen molar-refractivity contribution in [3.8, 4) is 0 Å². The van der Waals surface area contributed by atoms with Crippen molar-refractivity contribution in [3.63, 3.8) is 0 Å². The number of anilines is 2. The first kappa shape index (κ1) is 12.7. The number of nitrogens with two attached hydrogens (primary N) is 2. The molecule has 0 spiro atoms. The van der Waals surface area contributed by atoms with E-state index in [4.69, 9.17) is 16.2 Å². The molecule has 1 unspecified atom stereocenters. The molecule has 4 rings (SSSR count). The fraction of sp³-hybridized carbons (Fsp3) is 0.545. The Morgan fingerprint density at radius 3 is 2.81 bits per heavy atom. The van der Waals surface area contributed by atoms with Crippen LogP contribution in [-0.2, 0) is 4.74 Å². The van der Waals surface area contributed by atoms with Gasteiger partial charge in [-0.1, -0.05) is 0 Å². The van der Waals surface area contributed by atoms with Crippen LogP contribution in [-0.4, -0.2) is 53.3 Å².